The number of alkyl halides is 3. The second kappa shape index (κ2) is 8.79. The molecule has 0 bridgehead atoms. The topological polar surface area (TPSA) is 77.1 Å². The lowest BCUT2D eigenvalue weighted by Crippen LogP contribution is -2.31. The van der Waals surface area contributed by atoms with Gasteiger partial charge in [0.05, 0.1) is 17.2 Å². The Labute approximate surface area is 197 Å². The van der Waals surface area contributed by atoms with Gasteiger partial charge in [-0.15, -0.1) is 0 Å². The molecule has 0 spiro atoms. The van der Waals surface area contributed by atoms with Crippen LogP contribution in [-0.4, -0.2) is 36.2 Å². The molecule has 1 aliphatic rings. The number of carbonyl (C=O) groups excluding carboxylic acids is 1. The zero-order valence-corrected chi connectivity index (χ0v) is 18.8. The van der Waals surface area contributed by atoms with E-state index in [4.69, 9.17) is 0 Å². The van der Waals surface area contributed by atoms with E-state index in [0.29, 0.717) is 29.0 Å². The van der Waals surface area contributed by atoms with E-state index in [1.54, 1.807) is 16.7 Å². The maximum Gasteiger partial charge on any atom is 0.392 e. The van der Waals surface area contributed by atoms with Gasteiger partial charge in [0.1, 0.15) is 23.0 Å². The summed E-state index contributed by atoms with van der Waals surface area (Å²) in [4.78, 5) is 21.5. The van der Waals surface area contributed by atoms with E-state index in [0.717, 1.165) is 0 Å². The number of pyridine rings is 1. The van der Waals surface area contributed by atoms with Crippen LogP contribution in [0.5, 0.6) is 0 Å². The minimum Gasteiger partial charge on any atom is -0.347 e. The van der Waals surface area contributed by atoms with Gasteiger partial charge in [0.2, 0.25) is 0 Å². The number of imidazole rings is 1. The standard InChI is InChI=1S/C24H22F4N6O/c1-2-18-21(33-9-4-3-5-19(33)30-18)23(35)29-13-14-6-7-16(17(25)11-14)22-31-20-12-15(24(26,27)28)8-10-34(20)32-22/h3-7,9,11,15H,2,8,10,12-13H2,1H3,(H,29,35). The highest BCUT2D eigenvalue weighted by Gasteiger charge is 2.42. The SMILES string of the molecule is CCc1nc2ccccn2c1C(=O)NCc1ccc(-c2nc3n(n2)CCC(C(F)(F)F)C3)c(F)c1. The highest BCUT2D eigenvalue weighted by molar-refractivity contribution is 5.94. The minimum atomic E-state index is -4.30. The number of amides is 1. The van der Waals surface area contributed by atoms with Crippen LogP contribution in [-0.2, 0) is 25.9 Å². The number of benzene rings is 1. The third kappa shape index (κ3) is 4.38. The number of halogens is 4. The summed E-state index contributed by atoms with van der Waals surface area (Å²) in [6.07, 6.45) is -2.30. The predicted molar refractivity (Wildman–Crippen MR) is 119 cm³/mol. The summed E-state index contributed by atoms with van der Waals surface area (Å²) in [5, 5.41) is 7.01. The molecule has 3 aromatic heterocycles. The molecule has 1 N–H and O–H groups in total. The van der Waals surface area contributed by atoms with Crippen LogP contribution in [0.15, 0.2) is 42.6 Å². The van der Waals surface area contributed by atoms with Crippen LogP contribution in [0.2, 0.25) is 0 Å². The molecule has 182 valence electrons. The molecule has 4 heterocycles. The molecular formula is C24H22F4N6O. The Hall–Kier alpha value is -3.76. The van der Waals surface area contributed by atoms with Crippen molar-refractivity contribution in [3.05, 3.63) is 71.2 Å². The van der Waals surface area contributed by atoms with Crippen LogP contribution < -0.4 is 5.32 Å². The van der Waals surface area contributed by atoms with Crippen LogP contribution in [0.4, 0.5) is 17.6 Å². The van der Waals surface area contributed by atoms with E-state index < -0.39 is 17.9 Å². The van der Waals surface area contributed by atoms with Gasteiger partial charge in [-0.2, -0.15) is 18.3 Å². The van der Waals surface area contributed by atoms with Gasteiger partial charge in [0, 0.05) is 25.7 Å². The largest absolute Gasteiger partial charge is 0.392 e. The first-order valence-electron chi connectivity index (χ1n) is 11.3. The molecule has 0 aliphatic carbocycles. The van der Waals surface area contributed by atoms with Gasteiger partial charge in [-0.1, -0.05) is 19.1 Å². The fraction of sp³-hybridized carbons (Fsp3) is 0.333. The Morgan fingerprint density at radius 3 is 2.77 bits per heavy atom. The minimum absolute atomic E-state index is 0.0502. The van der Waals surface area contributed by atoms with E-state index in [1.165, 1.54) is 16.8 Å². The summed E-state index contributed by atoms with van der Waals surface area (Å²) in [6, 6.07) is 9.84. The number of rotatable bonds is 5. The Balaban J connectivity index is 1.31. The van der Waals surface area contributed by atoms with Crippen LogP contribution in [0.25, 0.3) is 17.0 Å². The lowest BCUT2D eigenvalue weighted by molar-refractivity contribution is -0.179. The van der Waals surface area contributed by atoms with E-state index in [9.17, 15) is 22.4 Å². The molecule has 1 aliphatic heterocycles. The predicted octanol–water partition coefficient (Wildman–Crippen LogP) is 4.35. The summed E-state index contributed by atoms with van der Waals surface area (Å²) in [6.45, 7) is 2.08. The summed E-state index contributed by atoms with van der Waals surface area (Å²) in [5.74, 6) is -2.16. The van der Waals surface area contributed by atoms with Gasteiger partial charge >= 0.3 is 6.18 Å². The lowest BCUT2D eigenvalue weighted by atomic mass is 9.98. The van der Waals surface area contributed by atoms with Crippen molar-refractivity contribution in [2.45, 2.75) is 45.5 Å². The van der Waals surface area contributed by atoms with Crippen molar-refractivity contribution in [3.63, 3.8) is 0 Å². The number of carbonyl (C=O) groups is 1. The molecule has 7 nitrogen and oxygen atoms in total. The van der Waals surface area contributed by atoms with E-state index in [-0.39, 0.29) is 49.1 Å². The zero-order valence-electron chi connectivity index (χ0n) is 18.8. The first-order chi connectivity index (χ1) is 16.7. The second-order valence-electron chi connectivity index (χ2n) is 8.49. The number of aryl methyl sites for hydroxylation is 2. The Bertz CT molecular complexity index is 1410. The monoisotopic (exact) mass is 486 g/mol. The Morgan fingerprint density at radius 1 is 1.20 bits per heavy atom. The van der Waals surface area contributed by atoms with Gasteiger partial charge in [-0.25, -0.2) is 19.0 Å². The maximum absolute atomic E-state index is 14.9. The molecule has 1 amide bonds. The highest BCUT2D eigenvalue weighted by atomic mass is 19.4. The fourth-order valence-corrected chi connectivity index (χ4v) is 4.35. The quantitative estimate of drug-likeness (QED) is 0.426. The number of hydrogen-bond acceptors (Lipinski definition) is 4. The molecule has 4 aromatic rings. The van der Waals surface area contributed by atoms with Crippen molar-refractivity contribution in [3.8, 4) is 11.4 Å². The van der Waals surface area contributed by atoms with E-state index in [2.05, 4.69) is 20.4 Å². The average Bonchev–Trinajstić information content (AvgIpc) is 3.42. The molecular weight excluding hydrogens is 464 g/mol. The molecule has 35 heavy (non-hydrogen) atoms. The number of hydrogen-bond donors (Lipinski definition) is 1. The Morgan fingerprint density at radius 2 is 2.03 bits per heavy atom. The van der Waals surface area contributed by atoms with Crippen LogP contribution in [0.1, 0.15) is 40.9 Å². The van der Waals surface area contributed by atoms with Crippen molar-refractivity contribution in [2.24, 2.45) is 5.92 Å². The molecule has 1 aromatic carbocycles. The highest BCUT2D eigenvalue weighted by Crippen LogP contribution is 2.35. The molecule has 5 rings (SSSR count). The van der Waals surface area contributed by atoms with E-state index >= 15 is 0 Å². The van der Waals surface area contributed by atoms with Gasteiger partial charge in [0.15, 0.2) is 5.82 Å². The molecule has 0 saturated heterocycles. The average molecular weight is 486 g/mol. The lowest BCUT2D eigenvalue weighted by Gasteiger charge is -2.24. The first-order valence-corrected chi connectivity index (χ1v) is 11.3. The number of aromatic nitrogens is 5. The van der Waals surface area contributed by atoms with Gasteiger partial charge in [0.25, 0.3) is 5.91 Å². The van der Waals surface area contributed by atoms with Crippen LogP contribution >= 0.6 is 0 Å². The smallest absolute Gasteiger partial charge is 0.347 e. The van der Waals surface area contributed by atoms with Crippen molar-refractivity contribution >= 4 is 11.6 Å². The molecule has 1 atom stereocenters. The van der Waals surface area contributed by atoms with Gasteiger partial charge in [-0.05, 0) is 42.7 Å². The van der Waals surface area contributed by atoms with Crippen LogP contribution in [0, 0.1) is 11.7 Å². The van der Waals surface area contributed by atoms with Gasteiger partial charge in [-0.3, -0.25) is 9.20 Å². The fourth-order valence-electron chi connectivity index (χ4n) is 4.35. The second-order valence-corrected chi connectivity index (χ2v) is 8.49. The summed E-state index contributed by atoms with van der Waals surface area (Å²) in [7, 11) is 0. The molecule has 0 saturated carbocycles. The molecule has 1 unspecified atom stereocenters. The number of nitrogens with zero attached hydrogens (tertiary/aromatic N) is 5. The van der Waals surface area contributed by atoms with Crippen molar-refractivity contribution < 1.29 is 22.4 Å². The van der Waals surface area contributed by atoms with Crippen molar-refractivity contribution in [1.82, 2.24) is 29.5 Å². The summed E-state index contributed by atoms with van der Waals surface area (Å²) in [5.41, 5.74) is 2.39. The maximum atomic E-state index is 14.9. The van der Waals surface area contributed by atoms with E-state index in [1.807, 2.05) is 25.1 Å². The number of nitrogens with one attached hydrogen (secondary N) is 1. The third-order valence-corrected chi connectivity index (χ3v) is 6.21. The summed E-state index contributed by atoms with van der Waals surface area (Å²) >= 11 is 0. The van der Waals surface area contributed by atoms with Crippen molar-refractivity contribution in [2.75, 3.05) is 0 Å². The molecule has 0 fully saturated rings. The first kappa shape index (κ1) is 23.0. The molecule has 0 radical (unpaired) electrons. The van der Waals surface area contributed by atoms with Gasteiger partial charge < -0.3 is 5.32 Å². The number of fused-ring (bicyclic) bond motifs is 2. The zero-order chi connectivity index (χ0) is 24.7. The van der Waals surface area contributed by atoms with Crippen molar-refractivity contribution in [1.29, 1.82) is 0 Å². The Kier molecular flexibility index (Phi) is 5.78. The van der Waals surface area contributed by atoms with Crippen LogP contribution in [0.3, 0.4) is 0 Å². The molecule has 11 heteroatoms. The normalized spacial score (nSPS) is 15.9. The third-order valence-electron chi connectivity index (χ3n) is 6.21. The summed E-state index contributed by atoms with van der Waals surface area (Å²) < 4.78 is 57.2.